The minimum absolute atomic E-state index is 0.0501. The van der Waals surface area contributed by atoms with Crippen LogP contribution in [0.15, 0.2) is 36.8 Å². The number of nitrogens with zero attached hydrogens (tertiary/aromatic N) is 5. The van der Waals surface area contributed by atoms with Crippen molar-refractivity contribution in [2.24, 2.45) is 5.92 Å². The van der Waals surface area contributed by atoms with Crippen molar-refractivity contribution in [1.29, 1.82) is 5.26 Å². The summed E-state index contributed by atoms with van der Waals surface area (Å²) in [5, 5.41) is 17.2. The van der Waals surface area contributed by atoms with Gasteiger partial charge in [-0.05, 0) is 43.9 Å². The summed E-state index contributed by atoms with van der Waals surface area (Å²) in [6, 6.07) is 8.15. The van der Waals surface area contributed by atoms with Crippen LogP contribution in [-0.4, -0.2) is 66.3 Å². The third-order valence-electron chi connectivity index (χ3n) is 6.70. The molecule has 1 aliphatic rings. The average Bonchev–Trinajstić information content (AvgIpc) is 3.32. The number of hydrogen-bond donors (Lipinski definition) is 1. The first-order valence-corrected chi connectivity index (χ1v) is 13.0. The van der Waals surface area contributed by atoms with Gasteiger partial charge in [-0.1, -0.05) is 13.8 Å². The number of nitriles is 1. The summed E-state index contributed by atoms with van der Waals surface area (Å²) in [6.45, 7) is 8.60. The van der Waals surface area contributed by atoms with Gasteiger partial charge in [-0.3, -0.25) is 4.79 Å². The van der Waals surface area contributed by atoms with Crippen LogP contribution < -0.4 is 15.0 Å². The predicted octanol–water partition coefficient (Wildman–Crippen LogP) is 3.79. The van der Waals surface area contributed by atoms with Gasteiger partial charge in [0.05, 0.1) is 42.2 Å². The first kappa shape index (κ1) is 27.4. The summed E-state index contributed by atoms with van der Waals surface area (Å²) in [4.78, 5) is 19.6. The van der Waals surface area contributed by atoms with Crippen LogP contribution in [0.4, 0.5) is 5.82 Å². The normalized spacial score (nSPS) is 15.0. The fourth-order valence-corrected chi connectivity index (χ4v) is 4.88. The number of pyridine rings is 2. The minimum Gasteiger partial charge on any atom is -0.492 e. The summed E-state index contributed by atoms with van der Waals surface area (Å²) in [5.41, 5.74) is 2.50. The Kier molecular flexibility index (Phi) is 8.81. The molecule has 3 aromatic rings. The van der Waals surface area contributed by atoms with Crippen LogP contribution in [0.3, 0.4) is 0 Å². The number of nitrogens with one attached hydrogen (secondary N) is 1. The van der Waals surface area contributed by atoms with Gasteiger partial charge in [-0.25, -0.2) is 9.50 Å². The SMILES string of the molecule is CCOc1cc(-c2ccc(N3CCC(COCOC)(NC(=O)CC(C)C)CC3)nc2)c2c(C#N)cnn2c1. The Morgan fingerprint density at radius 1 is 1.26 bits per heavy atom. The van der Waals surface area contributed by atoms with Crippen LogP contribution in [-0.2, 0) is 14.3 Å². The van der Waals surface area contributed by atoms with Crippen LogP contribution in [0.2, 0.25) is 0 Å². The first-order valence-electron chi connectivity index (χ1n) is 13.0. The number of methoxy groups -OCH3 is 1. The molecule has 1 fully saturated rings. The quantitative estimate of drug-likeness (QED) is 0.300. The lowest BCUT2D eigenvalue weighted by atomic mass is 9.87. The minimum atomic E-state index is -0.429. The number of piperidine rings is 1. The zero-order valence-corrected chi connectivity index (χ0v) is 22.6. The van der Waals surface area contributed by atoms with Gasteiger partial charge in [0, 0.05) is 43.9 Å². The van der Waals surface area contributed by atoms with Gasteiger partial charge in [0.1, 0.15) is 24.4 Å². The molecule has 3 aromatic heterocycles. The molecular weight excluding hydrogens is 484 g/mol. The average molecular weight is 521 g/mol. The van der Waals surface area contributed by atoms with Crippen LogP contribution in [0.25, 0.3) is 16.6 Å². The van der Waals surface area contributed by atoms with Crippen molar-refractivity contribution in [2.45, 2.75) is 45.6 Å². The second kappa shape index (κ2) is 12.2. The smallest absolute Gasteiger partial charge is 0.220 e. The molecule has 4 rings (SSSR count). The molecule has 38 heavy (non-hydrogen) atoms. The fraction of sp³-hybridized carbons (Fsp3) is 0.500. The molecule has 0 bridgehead atoms. The molecule has 0 saturated carbocycles. The predicted molar refractivity (Wildman–Crippen MR) is 144 cm³/mol. The van der Waals surface area contributed by atoms with Gasteiger partial charge < -0.3 is 24.4 Å². The number of carbonyl (C=O) groups is 1. The Morgan fingerprint density at radius 3 is 2.68 bits per heavy atom. The van der Waals surface area contributed by atoms with Crippen molar-refractivity contribution >= 4 is 17.2 Å². The summed E-state index contributed by atoms with van der Waals surface area (Å²) in [6.07, 6.45) is 7.13. The molecule has 1 aliphatic heterocycles. The van der Waals surface area contributed by atoms with E-state index in [0.29, 0.717) is 30.9 Å². The number of aromatic nitrogens is 3. The van der Waals surface area contributed by atoms with E-state index in [1.807, 2.05) is 45.2 Å². The van der Waals surface area contributed by atoms with Crippen molar-refractivity contribution < 1.29 is 19.0 Å². The molecule has 0 spiro atoms. The Bertz CT molecular complexity index is 1270. The number of ether oxygens (including phenoxy) is 3. The Balaban J connectivity index is 1.52. The highest BCUT2D eigenvalue weighted by atomic mass is 16.7. The van der Waals surface area contributed by atoms with E-state index in [1.54, 1.807) is 24.0 Å². The van der Waals surface area contributed by atoms with Crippen molar-refractivity contribution in [3.63, 3.8) is 0 Å². The summed E-state index contributed by atoms with van der Waals surface area (Å²) < 4.78 is 18.2. The summed E-state index contributed by atoms with van der Waals surface area (Å²) in [7, 11) is 1.59. The molecule has 0 unspecified atom stereocenters. The standard InChI is InChI=1S/C28H36N6O4/c1-5-38-23-13-24(27-22(14-29)16-31-34(27)17-23)21-6-7-25(30-15-21)33-10-8-28(9-11-33,18-37-19-36-4)32-26(35)12-20(2)3/h6-7,13,15-17,20H,5,8-12,18-19H2,1-4H3,(H,32,35). The van der Waals surface area contributed by atoms with Crippen LogP contribution in [0.1, 0.15) is 45.6 Å². The molecule has 1 N–H and O–H groups in total. The molecule has 0 aliphatic carbocycles. The van der Waals surface area contributed by atoms with Crippen molar-refractivity contribution in [3.05, 3.63) is 42.4 Å². The second-order valence-electron chi connectivity index (χ2n) is 10.1. The number of carbonyl (C=O) groups excluding carboxylic acids is 1. The highest BCUT2D eigenvalue weighted by Crippen LogP contribution is 2.32. The Labute approximate surface area is 223 Å². The van der Waals surface area contributed by atoms with Crippen molar-refractivity contribution in [1.82, 2.24) is 19.9 Å². The van der Waals surface area contributed by atoms with Gasteiger partial charge in [-0.2, -0.15) is 10.4 Å². The van der Waals surface area contributed by atoms with Gasteiger partial charge in [0.2, 0.25) is 5.91 Å². The molecule has 0 atom stereocenters. The molecule has 1 saturated heterocycles. The number of rotatable bonds is 11. The molecular formula is C28H36N6O4. The summed E-state index contributed by atoms with van der Waals surface area (Å²) in [5.74, 6) is 1.88. The fourth-order valence-electron chi connectivity index (χ4n) is 4.88. The molecule has 0 radical (unpaired) electrons. The maximum Gasteiger partial charge on any atom is 0.220 e. The third-order valence-corrected chi connectivity index (χ3v) is 6.70. The highest BCUT2D eigenvalue weighted by Gasteiger charge is 2.37. The zero-order chi connectivity index (χ0) is 27.1. The zero-order valence-electron chi connectivity index (χ0n) is 22.6. The van der Waals surface area contributed by atoms with Crippen LogP contribution >= 0.6 is 0 Å². The van der Waals surface area contributed by atoms with E-state index in [9.17, 15) is 10.1 Å². The topological polar surface area (TPSA) is 114 Å². The number of anilines is 1. The van der Waals surface area contributed by atoms with E-state index in [4.69, 9.17) is 19.2 Å². The monoisotopic (exact) mass is 520 g/mol. The van der Waals surface area contributed by atoms with Crippen molar-refractivity contribution in [2.75, 3.05) is 45.1 Å². The largest absolute Gasteiger partial charge is 0.492 e. The number of amides is 1. The van der Waals surface area contributed by atoms with Crippen molar-refractivity contribution in [3.8, 4) is 22.9 Å². The summed E-state index contributed by atoms with van der Waals surface area (Å²) >= 11 is 0. The highest BCUT2D eigenvalue weighted by molar-refractivity contribution is 5.85. The number of hydrogen-bond acceptors (Lipinski definition) is 8. The second-order valence-corrected chi connectivity index (χ2v) is 10.1. The van der Waals surface area contributed by atoms with Gasteiger partial charge >= 0.3 is 0 Å². The maximum absolute atomic E-state index is 12.6. The van der Waals surface area contributed by atoms with Crippen LogP contribution in [0.5, 0.6) is 5.75 Å². The van der Waals surface area contributed by atoms with E-state index in [2.05, 4.69) is 21.4 Å². The van der Waals surface area contributed by atoms with E-state index < -0.39 is 5.54 Å². The first-order chi connectivity index (χ1) is 18.4. The molecule has 202 valence electrons. The third kappa shape index (κ3) is 6.23. The van der Waals surface area contributed by atoms with E-state index in [-0.39, 0.29) is 18.6 Å². The maximum atomic E-state index is 12.6. The molecule has 4 heterocycles. The molecule has 1 amide bonds. The van der Waals surface area contributed by atoms with Gasteiger partial charge in [-0.15, -0.1) is 0 Å². The van der Waals surface area contributed by atoms with Crippen LogP contribution in [0, 0.1) is 17.2 Å². The van der Waals surface area contributed by atoms with E-state index >= 15 is 0 Å². The molecule has 0 aromatic carbocycles. The Hall–Kier alpha value is -3.68. The molecule has 10 heteroatoms. The van der Waals surface area contributed by atoms with Gasteiger partial charge in [0.25, 0.3) is 0 Å². The lowest BCUT2D eigenvalue weighted by Gasteiger charge is -2.42. The van der Waals surface area contributed by atoms with E-state index in [1.165, 1.54) is 0 Å². The number of fused-ring (bicyclic) bond motifs is 1. The Morgan fingerprint density at radius 2 is 2.05 bits per heavy atom. The van der Waals surface area contributed by atoms with E-state index in [0.717, 1.165) is 48.4 Å². The lowest BCUT2D eigenvalue weighted by Crippen LogP contribution is -2.58. The van der Waals surface area contributed by atoms with Gasteiger partial charge in [0.15, 0.2) is 0 Å². The lowest BCUT2D eigenvalue weighted by molar-refractivity contribution is -0.126. The molecule has 10 nitrogen and oxygen atoms in total.